The number of carbonyl (C=O) groups is 1. The van der Waals surface area contributed by atoms with Crippen LogP contribution in [0.2, 0.25) is 0 Å². The molecule has 5 heteroatoms. The lowest BCUT2D eigenvalue weighted by molar-refractivity contribution is -0.131. The van der Waals surface area contributed by atoms with Crippen molar-refractivity contribution in [2.75, 3.05) is 6.61 Å². The van der Waals surface area contributed by atoms with Crippen molar-refractivity contribution in [1.82, 2.24) is 14.5 Å². The molecule has 1 amide bonds. The van der Waals surface area contributed by atoms with Gasteiger partial charge in [-0.2, -0.15) is 0 Å². The summed E-state index contributed by atoms with van der Waals surface area (Å²) in [5.74, 6) is 1.94. The molecule has 1 fully saturated rings. The molecule has 1 heterocycles. The molecule has 0 radical (unpaired) electrons. The van der Waals surface area contributed by atoms with Crippen LogP contribution in [0.5, 0.6) is 5.75 Å². The van der Waals surface area contributed by atoms with E-state index in [2.05, 4.69) is 4.98 Å². The van der Waals surface area contributed by atoms with Gasteiger partial charge in [0.15, 0.2) is 0 Å². The summed E-state index contributed by atoms with van der Waals surface area (Å²) in [5.41, 5.74) is 1.02. The normalized spacial score (nSPS) is 13.8. The summed E-state index contributed by atoms with van der Waals surface area (Å²) in [6, 6.07) is 8.16. The van der Waals surface area contributed by atoms with Crippen molar-refractivity contribution in [1.29, 1.82) is 0 Å². The smallest absolute Gasteiger partial charge is 0.227 e. The number of rotatable bonds is 7. The van der Waals surface area contributed by atoms with Gasteiger partial charge in [-0.25, -0.2) is 4.98 Å². The monoisotopic (exact) mass is 313 g/mol. The van der Waals surface area contributed by atoms with E-state index in [0.29, 0.717) is 25.6 Å². The Morgan fingerprint density at radius 2 is 2.09 bits per heavy atom. The third-order valence-electron chi connectivity index (χ3n) is 4.13. The molecule has 5 nitrogen and oxygen atoms in total. The number of ether oxygens (including phenoxy) is 1. The van der Waals surface area contributed by atoms with Crippen LogP contribution in [0, 0.1) is 0 Å². The number of aromatic nitrogens is 2. The minimum atomic E-state index is 0.166. The van der Waals surface area contributed by atoms with E-state index >= 15 is 0 Å². The van der Waals surface area contributed by atoms with Gasteiger partial charge in [-0.3, -0.25) is 4.79 Å². The van der Waals surface area contributed by atoms with Crippen LogP contribution >= 0.6 is 0 Å². The second kappa shape index (κ2) is 6.86. The Morgan fingerprint density at radius 3 is 2.65 bits per heavy atom. The molecule has 3 rings (SSSR count). The minimum absolute atomic E-state index is 0.166. The fourth-order valence-electron chi connectivity index (χ4n) is 2.65. The number of amides is 1. The van der Waals surface area contributed by atoms with Gasteiger partial charge >= 0.3 is 0 Å². The second-order valence-corrected chi connectivity index (χ2v) is 5.96. The van der Waals surface area contributed by atoms with Gasteiger partial charge in [-0.1, -0.05) is 12.1 Å². The zero-order valence-electron chi connectivity index (χ0n) is 13.7. The molecule has 0 N–H and O–H groups in total. The van der Waals surface area contributed by atoms with Crippen molar-refractivity contribution in [3.05, 3.63) is 48.0 Å². The Balaban J connectivity index is 1.65. The van der Waals surface area contributed by atoms with Gasteiger partial charge in [0.05, 0.1) is 19.6 Å². The number of imidazole rings is 1. The van der Waals surface area contributed by atoms with Crippen molar-refractivity contribution in [2.45, 2.75) is 38.8 Å². The van der Waals surface area contributed by atoms with E-state index in [4.69, 9.17) is 4.74 Å². The van der Waals surface area contributed by atoms with E-state index < -0.39 is 0 Å². The summed E-state index contributed by atoms with van der Waals surface area (Å²) >= 11 is 0. The van der Waals surface area contributed by atoms with Gasteiger partial charge in [0.1, 0.15) is 11.6 Å². The summed E-state index contributed by atoms with van der Waals surface area (Å²) < 4.78 is 7.41. The van der Waals surface area contributed by atoms with Gasteiger partial charge in [-0.05, 0) is 37.5 Å². The predicted octanol–water partition coefficient (Wildman–Crippen LogP) is 2.55. The molecule has 1 aromatic heterocycles. The first-order chi connectivity index (χ1) is 11.2. The van der Waals surface area contributed by atoms with E-state index in [0.717, 1.165) is 30.0 Å². The van der Waals surface area contributed by atoms with Gasteiger partial charge < -0.3 is 14.2 Å². The molecule has 122 valence electrons. The average Bonchev–Trinajstić information content (AvgIpc) is 3.30. The quantitative estimate of drug-likeness (QED) is 0.789. The van der Waals surface area contributed by atoms with Crippen molar-refractivity contribution in [3.8, 4) is 5.75 Å². The van der Waals surface area contributed by atoms with E-state index in [-0.39, 0.29) is 5.91 Å². The predicted molar refractivity (Wildman–Crippen MR) is 88.1 cm³/mol. The van der Waals surface area contributed by atoms with Crippen LogP contribution in [0.4, 0.5) is 0 Å². The molecular weight excluding hydrogens is 290 g/mol. The van der Waals surface area contributed by atoms with Gasteiger partial charge in [0, 0.05) is 25.5 Å². The Hall–Kier alpha value is -2.30. The zero-order valence-corrected chi connectivity index (χ0v) is 13.7. The maximum atomic E-state index is 12.7. The minimum Gasteiger partial charge on any atom is -0.494 e. The summed E-state index contributed by atoms with van der Waals surface area (Å²) in [4.78, 5) is 19.0. The fraction of sp³-hybridized carbons (Fsp3) is 0.444. The molecule has 1 aliphatic rings. The Morgan fingerprint density at radius 1 is 1.35 bits per heavy atom. The molecule has 1 aromatic carbocycles. The maximum absolute atomic E-state index is 12.7. The second-order valence-electron chi connectivity index (χ2n) is 5.96. The van der Waals surface area contributed by atoms with Crippen LogP contribution in [0.25, 0.3) is 0 Å². The zero-order chi connectivity index (χ0) is 16.2. The van der Waals surface area contributed by atoms with Crippen LogP contribution in [0.15, 0.2) is 36.7 Å². The van der Waals surface area contributed by atoms with Gasteiger partial charge in [-0.15, -0.1) is 0 Å². The molecule has 1 saturated carbocycles. The van der Waals surface area contributed by atoms with Crippen molar-refractivity contribution < 1.29 is 9.53 Å². The molecule has 0 bridgehead atoms. The van der Waals surface area contributed by atoms with E-state index in [1.54, 1.807) is 6.20 Å². The molecule has 0 spiro atoms. The van der Waals surface area contributed by atoms with Crippen molar-refractivity contribution in [3.63, 3.8) is 0 Å². The number of aryl methyl sites for hydroxylation is 1. The standard InChI is InChI=1S/C18H23N3O2/c1-3-23-16-8-4-14(5-9-16)12-18(22)21(15-6-7-15)13-17-19-10-11-20(17)2/h4-5,8-11,15H,3,6-7,12-13H2,1-2H3. The Bertz CT molecular complexity index is 659. The highest BCUT2D eigenvalue weighted by molar-refractivity contribution is 5.79. The van der Waals surface area contributed by atoms with Crippen molar-refractivity contribution in [2.24, 2.45) is 7.05 Å². The van der Waals surface area contributed by atoms with Crippen LogP contribution in [0.1, 0.15) is 31.2 Å². The van der Waals surface area contributed by atoms with Crippen molar-refractivity contribution >= 4 is 5.91 Å². The molecular formula is C18H23N3O2. The average molecular weight is 313 g/mol. The highest BCUT2D eigenvalue weighted by Crippen LogP contribution is 2.29. The van der Waals surface area contributed by atoms with Crippen LogP contribution in [0.3, 0.4) is 0 Å². The largest absolute Gasteiger partial charge is 0.494 e. The lowest BCUT2D eigenvalue weighted by Crippen LogP contribution is -2.34. The SMILES string of the molecule is CCOc1ccc(CC(=O)N(Cc2nccn2C)C2CC2)cc1. The van der Waals surface area contributed by atoms with E-state index in [1.165, 1.54) is 0 Å². The Labute approximate surface area is 136 Å². The number of hydrogen-bond donors (Lipinski definition) is 0. The molecule has 2 aromatic rings. The van der Waals surface area contributed by atoms with E-state index in [9.17, 15) is 4.79 Å². The third-order valence-corrected chi connectivity index (χ3v) is 4.13. The molecule has 0 saturated heterocycles. The number of nitrogens with zero attached hydrogens (tertiary/aromatic N) is 3. The summed E-state index contributed by atoms with van der Waals surface area (Å²) in [7, 11) is 1.96. The van der Waals surface area contributed by atoms with Gasteiger partial charge in [0.25, 0.3) is 0 Å². The van der Waals surface area contributed by atoms with Gasteiger partial charge in [0.2, 0.25) is 5.91 Å². The topological polar surface area (TPSA) is 47.4 Å². The lowest BCUT2D eigenvalue weighted by atomic mass is 10.1. The van der Waals surface area contributed by atoms with Crippen LogP contribution in [-0.4, -0.2) is 33.0 Å². The van der Waals surface area contributed by atoms with Crippen LogP contribution < -0.4 is 4.74 Å². The number of benzene rings is 1. The summed E-state index contributed by atoms with van der Waals surface area (Å²) in [5, 5.41) is 0. The highest BCUT2D eigenvalue weighted by Gasteiger charge is 2.33. The third kappa shape index (κ3) is 3.92. The van der Waals surface area contributed by atoms with Crippen LogP contribution in [-0.2, 0) is 24.8 Å². The van der Waals surface area contributed by atoms with E-state index in [1.807, 2.05) is 53.9 Å². The molecule has 0 unspecified atom stereocenters. The number of hydrogen-bond acceptors (Lipinski definition) is 3. The summed E-state index contributed by atoms with van der Waals surface area (Å²) in [6.45, 7) is 3.20. The maximum Gasteiger partial charge on any atom is 0.227 e. The fourth-order valence-corrected chi connectivity index (χ4v) is 2.65. The summed E-state index contributed by atoms with van der Waals surface area (Å²) in [6.07, 6.45) is 6.31. The molecule has 0 aliphatic heterocycles. The number of carbonyl (C=O) groups excluding carboxylic acids is 1. The Kier molecular flexibility index (Phi) is 4.65. The first kappa shape index (κ1) is 15.6. The molecule has 0 atom stereocenters. The first-order valence-corrected chi connectivity index (χ1v) is 8.14. The molecule has 1 aliphatic carbocycles. The highest BCUT2D eigenvalue weighted by atomic mass is 16.5. The lowest BCUT2D eigenvalue weighted by Gasteiger charge is -2.22. The molecule has 23 heavy (non-hydrogen) atoms. The first-order valence-electron chi connectivity index (χ1n) is 8.14.